The highest BCUT2D eigenvalue weighted by Crippen LogP contribution is 2.30. The van der Waals surface area contributed by atoms with Crippen molar-refractivity contribution in [2.75, 3.05) is 4.72 Å². The summed E-state index contributed by atoms with van der Waals surface area (Å²) >= 11 is 0. The summed E-state index contributed by atoms with van der Waals surface area (Å²) < 4.78 is 66.9. The first-order chi connectivity index (χ1) is 12.3. The van der Waals surface area contributed by atoms with Gasteiger partial charge in [0.2, 0.25) is 0 Å². The first-order valence-electron chi connectivity index (χ1n) is 7.51. The highest BCUT2D eigenvalue weighted by molar-refractivity contribution is 7.92. The van der Waals surface area contributed by atoms with E-state index >= 15 is 0 Å². The Hall–Kier alpha value is -2.81. The fraction of sp³-hybridized carbons (Fsp3) is 0.118. The molecule has 0 saturated carbocycles. The number of aromatic nitrogens is 2. The van der Waals surface area contributed by atoms with E-state index in [1.165, 1.54) is 0 Å². The maximum atomic E-state index is 12.6. The minimum atomic E-state index is -4.52. The van der Waals surface area contributed by atoms with Crippen molar-refractivity contribution >= 4 is 15.7 Å². The van der Waals surface area contributed by atoms with E-state index in [0.717, 1.165) is 24.3 Å². The lowest BCUT2D eigenvalue weighted by Crippen LogP contribution is -2.15. The summed E-state index contributed by atoms with van der Waals surface area (Å²) in [6.07, 6.45) is -1.18. The van der Waals surface area contributed by atoms with Crippen molar-refractivity contribution in [1.29, 1.82) is 0 Å². The number of alkyl halides is 3. The molecule has 0 bridgehead atoms. The molecular formula is C17H14F3N3O2S. The van der Waals surface area contributed by atoms with Gasteiger partial charge in [-0.05, 0) is 42.0 Å². The fourth-order valence-electron chi connectivity index (χ4n) is 2.35. The minimum Gasteiger partial charge on any atom is -0.279 e. The molecule has 0 atom stereocenters. The average molecular weight is 381 g/mol. The number of sulfonamides is 1. The third-order valence-electron chi connectivity index (χ3n) is 3.65. The van der Waals surface area contributed by atoms with Crippen molar-refractivity contribution < 1.29 is 21.6 Å². The molecule has 0 aliphatic carbocycles. The lowest BCUT2D eigenvalue weighted by atomic mass is 10.2. The molecule has 5 nitrogen and oxygen atoms in total. The highest BCUT2D eigenvalue weighted by atomic mass is 32.2. The van der Waals surface area contributed by atoms with Crippen LogP contribution in [0.3, 0.4) is 0 Å². The maximum absolute atomic E-state index is 12.6. The van der Waals surface area contributed by atoms with Gasteiger partial charge in [0.05, 0.1) is 22.7 Å². The fourth-order valence-corrected chi connectivity index (χ4v) is 3.45. The van der Waals surface area contributed by atoms with E-state index in [0.29, 0.717) is 17.8 Å². The number of nitrogens with one attached hydrogen (secondary N) is 1. The number of halogens is 3. The van der Waals surface area contributed by atoms with Gasteiger partial charge >= 0.3 is 6.18 Å². The molecule has 3 aromatic rings. The number of anilines is 1. The van der Waals surface area contributed by atoms with Gasteiger partial charge in [0.1, 0.15) is 0 Å². The second-order valence-electron chi connectivity index (χ2n) is 5.49. The molecule has 0 amide bonds. The second kappa shape index (κ2) is 6.83. The first-order valence-corrected chi connectivity index (χ1v) is 8.99. The van der Waals surface area contributed by atoms with Gasteiger partial charge < -0.3 is 0 Å². The summed E-state index contributed by atoms with van der Waals surface area (Å²) in [5.74, 6) is 0. The Kier molecular flexibility index (Phi) is 4.73. The zero-order chi connectivity index (χ0) is 18.8. The van der Waals surface area contributed by atoms with Crippen LogP contribution in [0.5, 0.6) is 0 Å². The number of nitrogens with zero attached hydrogens (tertiary/aromatic N) is 2. The van der Waals surface area contributed by atoms with Gasteiger partial charge in [-0.25, -0.2) is 8.42 Å². The van der Waals surface area contributed by atoms with Crippen LogP contribution >= 0.6 is 0 Å². The third-order valence-corrected chi connectivity index (χ3v) is 5.03. The smallest absolute Gasteiger partial charge is 0.279 e. The molecule has 1 aromatic heterocycles. The van der Waals surface area contributed by atoms with Gasteiger partial charge in [0.25, 0.3) is 10.0 Å². The van der Waals surface area contributed by atoms with E-state index in [4.69, 9.17) is 0 Å². The van der Waals surface area contributed by atoms with Crippen molar-refractivity contribution in [2.24, 2.45) is 0 Å². The number of hydrogen-bond donors (Lipinski definition) is 1. The Morgan fingerprint density at radius 2 is 1.69 bits per heavy atom. The summed E-state index contributed by atoms with van der Waals surface area (Å²) in [4.78, 5) is -0.251. The van der Waals surface area contributed by atoms with Gasteiger partial charge in [0.15, 0.2) is 0 Å². The predicted octanol–water partition coefficient (Wildman–Crippen LogP) is 3.75. The van der Waals surface area contributed by atoms with E-state index in [2.05, 4.69) is 9.82 Å². The van der Waals surface area contributed by atoms with Crippen LogP contribution in [-0.4, -0.2) is 18.2 Å². The van der Waals surface area contributed by atoms with E-state index < -0.39 is 21.8 Å². The summed E-state index contributed by atoms with van der Waals surface area (Å²) in [7, 11) is -4.02. The quantitative estimate of drug-likeness (QED) is 0.732. The van der Waals surface area contributed by atoms with Crippen LogP contribution in [0.2, 0.25) is 0 Å². The molecule has 136 valence electrons. The Morgan fingerprint density at radius 1 is 1.00 bits per heavy atom. The summed E-state index contributed by atoms with van der Waals surface area (Å²) in [5, 5.41) is 4.07. The van der Waals surface area contributed by atoms with Crippen molar-refractivity contribution in [1.82, 2.24) is 9.78 Å². The standard InChI is InChI=1S/C17H14F3N3O2S/c18-17(19,20)14-6-8-15(9-7-14)26(24,25)22-16-5-2-1-4-13(16)12-23-11-3-10-21-23/h1-11,22H,12H2. The van der Waals surface area contributed by atoms with Crippen molar-refractivity contribution in [2.45, 2.75) is 17.6 Å². The topological polar surface area (TPSA) is 64.0 Å². The Labute approximate surface area is 148 Å². The molecule has 0 aliphatic heterocycles. The van der Waals surface area contributed by atoms with Gasteiger partial charge in [-0.2, -0.15) is 18.3 Å². The molecule has 1 N–H and O–H groups in total. The van der Waals surface area contributed by atoms with Crippen LogP contribution in [0.25, 0.3) is 0 Å². The van der Waals surface area contributed by atoms with Crippen LogP contribution < -0.4 is 4.72 Å². The normalized spacial score (nSPS) is 12.1. The minimum absolute atomic E-state index is 0.251. The molecule has 9 heteroatoms. The SMILES string of the molecule is O=S(=O)(Nc1ccccc1Cn1cccn1)c1ccc(C(F)(F)F)cc1. The van der Waals surface area contributed by atoms with E-state index in [-0.39, 0.29) is 4.90 Å². The molecule has 0 aliphatic rings. The lowest BCUT2D eigenvalue weighted by Gasteiger charge is -2.13. The zero-order valence-electron chi connectivity index (χ0n) is 13.3. The average Bonchev–Trinajstić information content (AvgIpc) is 3.09. The summed E-state index contributed by atoms with van der Waals surface area (Å²) in [6.45, 7) is 0.346. The largest absolute Gasteiger partial charge is 0.416 e. The van der Waals surface area contributed by atoms with Crippen molar-refractivity contribution in [3.8, 4) is 0 Å². The zero-order valence-corrected chi connectivity index (χ0v) is 14.1. The molecule has 0 saturated heterocycles. The van der Waals surface area contributed by atoms with E-state index in [9.17, 15) is 21.6 Å². The molecule has 0 radical (unpaired) electrons. The molecule has 26 heavy (non-hydrogen) atoms. The van der Waals surface area contributed by atoms with Gasteiger partial charge in [-0.3, -0.25) is 9.40 Å². The monoisotopic (exact) mass is 381 g/mol. The first kappa shape index (κ1) is 18.0. The Balaban J connectivity index is 1.86. The maximum Gasteiger partial charge on any atom is 0.416 e. The predicted molar refractivity (Wildman–Crippen MR) is 90.0 cm³/mol. The number of rotatable bonds is 5. The number of para-hydroxylation sites is 1. The van der Waals surface area contributed by atoms with Crippen molar-refractivity contribution in [3.63, 3.8) is 0 Å². The van der Waals surface area contributed by atoms with Crippen molar-refractivity contribution in [3.05, 3.63) is 78.1 Å². The van der Waals surface area contributed by atoms with Crippen LogP contribution in [0, 0.1) is 0 Å². The third kappa shape index (κ3) is 4.05. The second-order valence-corrected chi connectivity index (χ2v) is 7.17. The Morgan fingerprint density at radius 3 is 2.31 bits per heavy atom. The molecule has 0 fully saturated rings. The van der Waals surface area contributed by atoms with Gasteiger partial charge in [-0.15, -0.1) is 0 Å². The van der Waals surface area contributed by atoms with Crippen LogP contribution in [0.1, 0.15) is 11.1 Å². The number of hydrogen-bond acceptors (Lipinski definition) is 3. The summed E-state index contributed by atoms with van der Waals surface area (Å²) in [5.41, 5.74) is 0.102. The molecule has 1 heterocycles. The molecular weight excluding hydrogens is 367 g/mol. The summed E-state index contributed by atoms with van der Waals surface area (Å²) in [6, 6.07) is 11.8. The molecule has 3 rings (SSSR count). The van der Waals surface area contributed by atoms with Gasteiger partial charge in [0, 0.05) is 12.4 Å². The highest BCUT2D eigenvalue weighted by Gasteiger charge is 2.30. The molecule has 0 unspecified atom stereocenters. The Bertz CT molecular complexity index is 983. The van der Waals surface area contributed by atoms with Crippen LogP contribution in [-0.2, 0) is 22.7 Å². The lowest BCUT2D eigenvalue weighted by molar-refractivity contribution is -0.137. The molecule has 0 spiro atoms. The van der Waals surface area contributed by atoms with E-state index in [1.807, 2.05) is 0 Å². The number of benzene rings is 2. The van der Waals surface area contributed by atoms with E-state index in [1.54, 1.807) is 47.4 Å². The van der Waals surface area contributed by atoms with Gasteiger partial charge in [-0.1, -0.05) is 18.2 Å². The van der Waals surface area contributed by atoms with Crippen LogP contribution in [0.15, 0.2) is 71.9 Å². The van der Waals surface area contributed by atoms with Crippen LogP contribution in [0.4, 0.5) is 18.9 Å². The molecule has 2 aromatic carbocycles.